The summed E-state index contributed by atoms with van der Waals surface area (Å²) in [7, 11) is 0. The molecular formula is C19H15ClFN3O. The molecule has 0 radical (unpaired) electrons. The van der Waals surface area contributed by atoms with Gasteiger partial charge in [0.1, 0.15) is 11.6 Å². The van der Waals surface area contributed by atoms with E-state index >= 15 is 0 Å². The number of nitrogens with one attached hydrogen (secondary N) is 2. The van der Waals surface area contributed by atoms with Crippen LogP contribution in [0.2, 0.25) is 5.02 Å². The zero-order chi connectivity index (χ0) is 17.8. The molecule has 0 aliphatic heterocycles. The van der Waals surface area contributed by atoms with Gasteiger partial charge in [-0.25, -0.2) is 9.37 Å². The van der Waals surface area contributed by atoms with Gasteiger partial charge in [0, 0.05) is 23.1 Å². The van der Waals surface area contributed by atoms with E-state index in [0.717, 1.165) is 11.3 Å². The van der Waals surface area contributed by atoms with Gasteiger partial charge in [-0.1, -0.05) is 29.8 Å². The molecule has 1 amide bonds. The number of hydrogen-bond acceptors (Lipinski definition) is 3. The molecule has 6 heteroatoms. The van der Waals surface area contributed by atoms with Crippen molar-refractivity contribution < 1.29 is 9.18 Å². The van der Waals surface area contributed by atoms with E-state index < -0.39 is 5.82 Å². The molecule has 0 fully saturated rings. The van der Waals surface area contributed by atoms with Crippen LogP contribution < -0.4 is 10.6 Å². The van der Waals surface area contributed by atoms with Crippen LogP contribution in [0.1, 0.15) is 15.9 Å². The fraction of sp³-hybridized carbons (Fsp3) is 0.0526. The van der Waals surface area contributed by atoms with Crippen LogP contribution in [0.4, 0.5) is 21.6 Å². The van der Waals surface area contributed by atoms with Crippen LogP contribution in [0.5, 0.6) is 0 Å². The van der Waals surface area contributed by atoms with Crippen LogP contribution in [0.3, 0.4) is 0 Å². The largest absolute Gasteiger partial charge is 0.340 e. The molecule has 2 N–H and O–H groups in total. The maximum Gasteiger partial charge on any atom is 0.255 e. The summed E-state index contributed by atoms with van der Waals surface area (Å²) in [5.74, 6) is -0.275. The fourth-order valence-electron chi connectivity index (χ4n) is 2.27. The highest BCUT2D eigenvalue weighted by Crippen LogP contribution is 2.22. The zero-order valence-electron chi connectivity index (χ0n) is 13.4. The van der Waals surface area contributed by atoms with Crippen molar-refractivity contribution >= 4 is 34.7 Å². The van der Waals surface area contributed by atoms with Gasteiger partial charge in [0.25, 0.3) is 5.91 Å². The Kier molecular flexibility index (Phi) is 4.95. The molecule has 0 saturated carbocycles. The van der Waals surface area contributed by atoms with Crippen LogP contribution in [0, 0.1) is 12.7 Å². The molecule has 0 atom stereocenters. The molecule has 2 aromatic carbocycles. The third kappa shape index (κ3) is 4.14. The van der Waals surface area contributed by atoms with E-state index in [0.29, 0.717) is 17.1 Å². The Hall–Kier alpha value is -2.92. The molecular weight excluding hydrogens is 341 g/mol. The number of benzene rings is 2. The summed E-state index contributed by atoms with van der Waals surface area (Å²) in [6.07, 6.45) is 1.53. The highest BCUT2D eigenvalue weighted by atomic mass is 35.5. The number of rotatable bonds is 4. The number of pyridine rings is 1. The number of para-hydroxylation sites is 1. The van der Waals surface area contributed by atoms with E-state index in [2.05, 4.69) is 15.6 Å². The van der Waals surface area contributed by atoms with Gasteiger partial charge in [0.15, 0.2) is 0 Å². The summed E-state index contributed by atoms with van der Waals surface area (Å²) in [6, 6.07) is 15.0. The SMILES string of the molecule is Cc1ccccc1NC(=O)c1ccnc(Nc2ccc(F)c(Cl)c2)c1. The van der Waals surface area contributed by atoms with E-state index in [1.807, 2.05) is 31.2 Å². The first-order valence-corrected chi connectivity index (χ1v) is 7.96. The number of carbonyl (C=O) groups is 1. The predicted octanol–water partition coefficient (Wildman–Crippen LogP) is 5.18. The van der Waals surface area contributed by atoms with Crippen molar-refractivity contribution in [3.63, 3.8) is 0 Å². The lowest BCUT2D eigenvalue weighted by Gasteiger charge is -2.10. The Morgan fingerprint density at radius 1 is 1.12 bits per heavy atom. The van der Waals surface area contributed by atoms with Gasteiger partial charge in [-0.05, 0) is 48.9 Å². The highest BCUT2D eigenvalue weighted by Gasteiger charge is 2.09. The fourth-order valence-corrected chi connectivity index (χ4v) is 2.45. The van der Waals surface area contributed by atoms with E-state index in [9.17, 15) is 9.18 Å². The van der Waals surface area contributed by atoms with Crippen molar-refractivity contribution in [3.8, 4) is 0 Å². The second-order valence-electron chi connectivity index (χ2n) is 5.45. The number of halogens is 2. The van der Waals surface area contributed by atoms with E-state index in [1.54, 1.807) is 18.2 Å². The minimum absolute atomic E-state index is 0.0125. The molecule has 3 aromatic rings. The van der Waals surface area contributed by atoms with Crippen molar-refractivity contribution in [1.82, 2.24) is 4.98 Å². The first kappa shape index (κ1) is 16.9. The van der Waals surface area contributed by atoms with E-state index in [1.165, 1.54) is 18.3 Å². The Morgan fingerprint density at radius 3 is 2.68 bits per heavy atom. The summed E-state index contributed by atoms with van der Waals surface area (Å²) < 4.78 is 13.2. The molecule has 0 spiro atoms. The summed E-state index contributed by atoms with van der Waals surface area (Å²) in [5.41, 5.74) is 2.76. The second-order valence-corrected chi connectivity index (χ2v) is 5.86. The lowest BCUT2D eigenvalue weighted by Crippen LogP contribution is -2.13. The number of hydrogen-bond donors (Lipinski definition) is 2. The third-order valence-corrected chi connectivity index (χ3v) is 3.90. The van der Waals surface area contributed by atoms with Crippen molar-refractivity contribution in [1.29, 1.82) is 0 Å². The summed E-state index contributed by atoms with van der Waals surface area (Å²) in [6.45, 7) is 1.92. The van der Waals surface area contributed by atoms with Crippen LogP contribution >= 0.6 is 11.6 Å². The maximum absolute atomic E-state index is 13.2. The van der Waals surface area contributed by atoms with E-state index in [-0.39, 0.29) is 10.9 Å². The van der Waals surface area contributed by atoms with Gasteiger partial charge < -0.3 is 10.6 Å². The molecule has 0 aliphatic rings. The molecule has 0 saturated heterocycles. The predicted molar refractivity (Wildman–Crippen MR) is 98.1 cm³/mol. The van der Waals surface area contributed by atoms with Crippen LogP contribution in [0.25, 0.3) is 0 Å². The van der Waals surface area contributed by atoms with Gasteiger partial charge in [0.2, 0.25) is 0 Å². The normalized spacial score (nSPS) is 10.4. The highest BCUT2D eigenvalue weighted by molar-refractivity contribution is 6.31. The number of anilines is 3. The molecule has 1 aromatic heterocycles. The average Bonchev–Trinajstić information content (AvgIpc) is 2.60. The Bertz CT molecular complexity index is 930. The standard InChI is InChI=1S/C19H15ClFN3O/c1-12-4-2-3-5-17(12)24-19(25)13-8-9-22-18(10-13)23-14-6-7-16(21)15(20)11-14/h2-11H,1H3,(H,22,23)(H,24,25). The lowest BCUT2D eigenvalue weighted by atomic mass is 10.2. The maximum atomic E-state index is 13.2. The molecule has 25 heavy (non-hydrogen) atoms. The average molecular weight is 356 g/mol. The van der Waals surface area contributed by atoms with Gasteiger partial charge >= 0.3 is 0 Å². The van der Waals surface area contributed by atoms with Gasteiger partial charge in [-0.3, -0.25) is 4.79 Å². The number of carbonyl (C=O) groups excluding carboxylic acids is 1. The van der Waals surface area contributed by atoms with Crippen molar-refractivity contribution in [2.75, 3.05) is 10.6 Å². The Balaban J connectivity index is 1.77. The molecule has 0 unspecified atom stereocenters. The van der Waals surface area contributed by atoms with Crippen LogP contribution in [-0.2, 0) is 0 Å². The minimum Gasteiger partial charge on any atom is -0.340 e. The third-order valence-electron chi connectivity index (χ3n) is 3.61. The van der Waals surface area contributed by atoms with Gasteiger partial charge in [-0.15, -0.1) is 0 Å². The molecule has 0 bridgehead atoms. The van der Waals surface area contributed by atoms with Crippen LogP contribution in [0.15, 0.2) is 60.8 Å². The minimum atomic E-state index is -0.494. The first-order chi connectivity index (χ1) is 12.0. The number of amides is 1. The number of aryl methyl sites for hydroxylation is 1. The molecule has 126 valence electrons. The first-order valence-electron chi connectivity index (χ1n) is 7.58. The summed E-state index contributed by atoms with van der Waals surface area (Å²) >= 11 is 5.77. The number of aromatic nitrogens is 1. The van der Waals surface area contributed by atoms with E-state index in [4.69, 9.17) is 11.6 Å². The molecule has 3 rings (SSSR count). The van der Waals surface area contributed by atoms with Gasteiger partial charge in [0.05, 0.1) is 5.02 Å². The smallest absolute Gasteiger partial charge is 0.255 e. The summed E-state index contributed by atoms with van der Waals surface area (Å²) in [4.78, 5) is 16.6. The topological polar surface area (TPSA) is 54.0 Å². The Morgan fingerprint density at radius 2 is 1.92 bits per heavy atom. The van der Waals surface area contributed by atoms with Crippen LogP contribution in [-0.4, -0.2) is 10.9 Å². The Labute approximate surface area is 149 Å². The van der Waals surface area contributed by atoms with Crippen molar-refractivity contribution in [2.45, 2.75) is 6.92 Å². The summed E-state index contributed by atoms with van der Waals surface area (Å²) in [5, 5.41) is 5.88. The molecule has 0 aliphatic carbocycles. The second kappa shape index (κ2) is 7.32. The van der Waals surface area contributed by atoms with Crippen molar-refractivity contribution in [3.05, 3.63) is 82.8 Å². The van der Waals surface area contributed by atoms with Gasteiger partial charge in [-0.2, -0.15) is 0 Å². The molecule has 4 nitrogen and oxygen atoms in total. The zero-order valence-corrected chi connectivity index (χ0v) is 14.1. The quantitative estimate of drug-likeness (QED) is 0.678. The monoisotopic (exact) mass is 355 g/mol. The molecule has 1 heterocycles. The van der Waals surface area contributed by atoms with Crippen molar-refractivity contribution in [2.24, 2.45) is 0 Å². The number of nitrogens with zero attached hydrogens (tertiary/aromatic N) is 1. The lowest BCUT2D eigenvalue weighted by molar-refractivity contribution is 0.102.